The van der Waals surface area contributed by atoms with Crippen LogP contribution in [0.25, 0.3) is 0 Å². The second kappa shape index (κ2) is 6.22. The van der Waals surface area contributed by atoms with E-state index in [4.69, 9.17) is 25.5 Å². The van der Waals surface area contributed by atoms with Crippen molar-refractivity contribution in [2.45, 2.75) is 12.5 Å². The standard InChI is InChI=1S/C12H16ClNO4/c1-16-6-4-9-8-17-7-5-14(9)12(15)10-2-3-11(13)18-10/h2-3,9H,4-8H2,1H3. The second-order valence-electron chi connectivity index (χ2n) is 4.11. The topological polar surface area (TPSA) is 51.9 Å². The first-order chi connectivity index (χ1) is 8.72. The van der Waals surface area contributed by atoms with Crippen LogP contribution in [0.2, 0.25) is 5.22 Å². The quantitative estimate of drug-likeness (QED) is 0.840. The van der Waals surface area contributed by atoms with Crippen molar-refractivity contribution in [2.75, 3.05) is 33.5 Å². The SMILES string of the molecule is COCCC1COCCN1C(=O)c1ccc(Cl)o1. The van der Waals surface area contributed by atoms with Crippen LogP contribution in [0.1, 0.15) is 17.0 Å². The van der Waals surface area contributed by atoms with E-state index in [1.165, 1.54) is 0 Å². The van der Waals surface area contributed by atoms with Crippen molar-refractivity contribution < 1.29 is 18.7 Å². The summed E-state index contributed by atoms with van der Waals surface area (Å²) in [5.41, 5.74) is 0. The number of methoxy groups -OCH3 is 1. The third kappa shape index (κ3) is 3.04. The first-order valence-electron chi connectivity index (χ1n) is 5.85. The third-order valence-electron chi connectivity index (χ3n) is 2.93. The summed E-state index contributed by atoms with van der Waals surface area (Å²) in [6, 6.07) is 3.18. The fourth-order valence-electron chi connectivity index (χ4n) is 1.99. The normalized spacial score (nSPS) is 20.1. The van der Waals surface area contributed by atoms with Crippen molar-refractivity contribution in [3.8, 4) is 0 Å². The fourth-order valence-corrected chi connectivity index (χ4v) is 2.13. The predicted octanol–water partition coefficient (Wildman–Crippen LogP) is 1.81. The molecule has 1 amide bonds. The van der Waals surface area contributed by atoms with Crippen LogP contribution in [-0.4, -0.2) is 50.3 Å². The molecule has 0 radical (unpaired) electrons. The molecule has 2 heterocycles. The minimum atomic E-state index is -0.147. The second-order valence-corrected chi connectivity index (χ2v) is 4.49. The molecule has 0 bridgehead atoms. The fraction of sp³-hybridized carbons (Fsp3) is 0.583. The number of ether oxygens (including phenoxy) is 2. The predicted molar refractivity (Wildman–Crippen MR) is 65.9 cm³/mol. The van der Waals surface area contributed by atoms with Crippen molar-refractivity contribution in [3.63, 3.8) is 0 Å². The Hall–Kier alpha value is -1.04. The van der Waals surface area contributed by atoms with Gasteiger partial charge in [-0.15, -0.1) is 0 Å². The molecule has 1 fully saturated rings. The zero-order valence-electron chi connectivity index (χ0n) is 10.2. The van der Waals surface area contributed by atoms with Crippen molar-refractivity contribution in [1.82, 2.24) is 4.90 Å². The van der Waals surface area contributed by atoms with E-state index >= 15 is 0 Å². The van der Waals surface area contributed by atoms with Gasteiger partial charge in [0.1, 0.15) is 0 Å². The molecule has 1 aliphatic rings. The smallest absolute Gasteiger partial charge is 0.290 e. The average Bonchev–Trinajstić information content (AvgIpc) is 2.82. The van der Waals surface area contributed by atoms with Gasteiger partial charge in [-0.2, -0.15) is 0 Å². The summed E-state index contributed by atoms with van der Waals surface area (Å²) in [5.74, 6) is 0.121. The summed E-state index contributed by atoms with van der Waals surface area (Å²) in [6.45, 7) is 2.23. The maximum absolute atomic E-state index is 12.3. The largest absolute Gasteiger partial charge is 0.440 e. The molecule has 1 atom stereocenters. The van der Waals surface area contributed by atoms with Crippen LogP contribution in [0.15, 0.2) is 16.5 Å². The van der Waals surface area contributed by atoms with Gasteiger partial charge < -0.3 is 18.8 Å². The molecule has 5 nitrogen and oxygen atoms in total. The number of morpholine rings is 1. The summed E-state index contributed by atoms with van der Waals surface area (Å²) in [4.78, 5) is 14.0. The zero-order valence-corrected chi connectivity index (χ0v) is 11.0. The Morgan fingerprint density at radius 1 is 1.61 bits per heavy atom. The molecule has 6 heteroatoms. The Morgan fingerprint density at radius 3 is 3.11 bits per heavy atom. The first kappa shape index (κ1) is 13.4. The Balaban J connectivity index is 2.06. The minimum Gasteiger partial charge on any atom is -0.440 e. The number of rotatable bonds is 4. The lowest BCUT2D eigenvalue weighted by molar-refractivity contribution is -0.0117. The number of furan rings is 1. The van der Waals surface area contributed by atoms with E-state index in [2.05, 4.69) is 0 Å². The monoisotopic (exact) mass is 273 g/mol. The van der Waals surface area contributed by atoms with Crippen LogP contribution in [0, 0.1) is 0 Å². The van der Waals surface area contributed by atoms with E-state index in [-0.39, 0.29) is 22.9 Å². The summed E-state index contributed by atoms with van der Waals surface area (Å²) in [6.07, 6.45) is 0.747. The van der Waals surface area contributed by atoms with Gasteiger partial charge >= 0.3 is 0 Å². The third-order valence-corrected chi connectivity index (χ3v) is 3.13. The Labute approximate surface area is 111 Å². The molecule has 0 N–H and O–H groups in total. The number of hydrogen-bond donors (Lipinski definition) is 0. The molecule has 100 valence electrons. The molecule has 1 unspecified atom stereocenters. The summed E-state index contributed by atoms with van der Waals surface area (Å²) in [5, 5.41) is 0.222. The van der Waals surface area contributed by atoms with Gasteiger partial charge in [-0.1, -0.05) is 0 Å². The van der Waals surface area contributed by atoms with Gasteiger partial charge in [0.2, 0.25) is 0 Å². The molecule has 0 spiro atoms. The lowest BCUT2D eigenvalue weighted by Gasteiger charge is -2.35. The van der Waals surface area contributed by atoms with Gasteiger partial charge in [0, 0.05) is 20.3 Å². The Bertz CT molecular complexity index is 407. The van der Waals surface area contributed by atoms with Gasteiger partial charge in [0.15, 0.2) is 11.0 Å². The van der Waals surface area contributed by atoms with Gasteiger partial charge in [-0.05, 0) is 30.2 Å². The summed E-state index contributed by atoms with van der Waals surface area (Å²) >= 11 is 5.68. The van der Waals surface area contributed by atoms with Crippen molar-refractivity contribution >= 4 is 17.5 Å². The molecule has 1 aliphatic heterocycles. The maximum Gasteiger partial charge on any atom is 0.290 e. The van der Waals surface area contributed by atoms with Crippen LogP contribution in [0.5, 0.6) is 0 Å². The summed E-state index contributed by atoms with van der Waals surface area (Å²) in [7, 11) is 1.64. The lowest BCUT2D eigenvalue weighted by Crippen LogP contribution is -2.49. The number of hydrogen-bond acceptors (Lipinski definition) is 4. The highest BCUT2D eigenvalue weighted by molar-refractivity contribution is 6.29. The highest BCUT2D eigenvalue weighted by atomic mass is 35.5. The number of carbonyl (C=O) groups excluding carboxylic acids is 1. The molecule has 1 saturated heterocycles. The molecule has 0 saturated carbocycles. The van der Waals surface area contributed by atoms with Gasteiger partial charge in [-0.3, -0.25) is 4.79 Å². The number of halogens is 1. The minimum absolute atomic E-state index is 0.0232. The first-order valence-corrected chi connectivity index (χ1v) is 6.23. The van der Waals surface area contributed by atoms with E-state index in [0.29, 0.717) is 26.4 Å². The Morgan fingerprint density at radius 2 is 2.44 bits per heavy atom. The molecular formula is C12H16ClNO4. The molecular weight excluding hydrogens is 258 g/mol. The van der Waals surface area contributed by atoms with Crippen molar-refractivity contribution in [1.29, 1.82) is 0 Å². The number of amides is 1. The zero-order chi connectivity index (χ0) is 13.0. The van der Waals surface area contributed by atoms with E-state index in [9.17, 15) is 4.79 Å². The van der Waals surface area contributed by atoms with E-state index in [0.717, 1.165) is 6.42 Å². The van der Waals surface area contributed by atoms with Crippen LogP contribution in [-0.2, 0) is 9.47 Å². The van der Waals surface area contributed by atoms with E-state index < -0.39 is 0 Å². The van der Waals surface area contributed by atoms with E-state index in [1.54, 1.807) is 24.1 Å². The molecule has 18 heavy (non-hydrogen) atoms. The van der Waals surface area contributed by atoms with Crippen molar-refractivity contribution in [3.05, 3.63) is 23.1 Å². The van der Waals surface area contributed by atoms with Crippen LogP contribution >= 0.6 is 11.6 Å². The van der Waals surface area contributed by atoms with Gasteiger partial charge in [-0.25, -0.2) is 0 Å². The van der Waals surface area contributed by atoms with Gasteiger partial charge in [0.05, 0.1) is 19.3 Å². The molecule has 2 rings (SSSR count). The van der Waals surface area contributed by atoms with E-state index in [1.807, 2.05) is 0 Å². The average molecular weight is 274 g/mol. The van der Waals surface area contributed by atoms with Crippen LogP contribution in [0.4, 0.5) is 0 Å². The number of nitrogens with zero attached hydrogens (tertiary/aromatic N) is 1. The number of carbonyl (C=O) groups is 1. The Kier molecular flexibility index (Phi) is 4.63. The molecule has 1 aromatic heterocycles. The van der Waals surface area contributed by atoms with Crippen LogP contribution < -0.4 is 0 Å². The molecule has 0 aliphatic carbocycles. The van der Waals surface area contributed by atoms with Gasteiger partial charge in [0.25, 0.3) is 5.91 Å². The highest BCUT2D eigenvalue weighted by Crippen LogP contribution is 2.19. The van der Waals surface area contributed by atoms with Crippen molar-refractivity contribution in [2.24, 2.45) is 0 Å². The maximum atomic E-state index is 12.3. The molecule has 0 aromatic carbocycles. The summed E-state index contributed by atoms with van der Waals surface area (Å²) < 4.78 is 15.6. The highest BCUT2D eigenvalue weighted by Gasteiger charge is 2.29. The lowest BCUT2D eigenvalue weighted by atomic mass is 10.1. The van der Waals surface area contributed by atoms with Crippen LogP contribution in [0.3, 0.4) is 0 Å². The molecule has 1 aromatic rings.